The Hall–Kier alpha value is -0.590. The number of hydrogen-bond donors (Lipinski definition) is 1. The molecule has 2 rings (SSSR count). The molecule has 6 heteroatoms. The normalized spacial score (nSPS) is 16.1. The minimum absolute atomic E-state index is 0.258. The molecule has 1 N–H and O–H groups in total. The van der Waals surface area contributed by atoms with Crippen LogP contribution >= 0.6 is 15.9 Å². The molecule has 0 saturated heterocycles. The zero-order chi connectivity index (χ0) is 13.9. The number of halogens is 1. The van der Waals surface area contributed by atoms with Gasteiger partial charge >= 0.3 is 0 Å². The Balaban J connectivity index is 1.99. The van der Waals surface area contributed by atoms with Crippen LogP contribution in [0.25, 0.3) is 0 Å². The first kappa shape index (κ1) is 14.8. The molecule has 0 unspecified atom stereocenters. The molecule has 0 atom stereocenters. The standard InChI is InChI=1S/C13H18BrNO3S/c1-18-13-6-5-11(9-12(13)14)19(16,17)15-8-7-10-3-2-4-10/h5-6,9-10,15H,2-4,7-8H2,1H3. The average Bonchev–Trinajstić information content (AvgIpc) is 2.32. The van der Waals surface area contributed by atoms with Gasteiger partial charge in [0, 0.05) is 6.54 Å². The van der Waals surface area contributed by atoms with Crippen LogP contribution in [0, 0.1) is 5.92 Å². The molecule has 4 nitrogen and oxygen atoms in total. The van der Waals surface area contributed by atoms with Gasteiger partial charge in [0.15, 0.2) is 0 Å². The van der Waals surface area contributed by atoms with E-state index in [0.29, 0.717) is 22.7 Å². The predicted octanol–water partition coefficient (Wildman–Crippen LogP) is 2.93. The number of rotatable bonds is 6. The Labute approximate surface area is 122 Å². The van der Waals surface area contributed by atoms with Crippen LogP contribution in [0.4, 0.5) is 0 Å². The summed E-state index contributed by atoms with van der Waals surface area (Å²) >= 11 is 3.29. The lowest BCUT2D eigenvalue weighted by atomic mass is 9.83. The van der Waals surface area contributed by atoms with Gasteiger partial charge in [-0.25, -0.2) is 13.1 Å². The lowest BCUT2D eigenvalue weighted by Crippen LogP contribution is -2.27. The Morgan fingerprint density at radius 2 is 2.16 bits per heavy atom. The van der Waals surface area contributed by atoms with Crippen LogP contribution in [0.15, 0.2) is 27.6 Å². The molecule has 0 amide bonds. The van der Waals surface area contributed by atoms with Crippen molar-refractivity contribution in [2.75, 3.05) is 13.7 Å². The lowest BCUT2D eigenvalue weighted by molar-refractivity contribution is 0.297. The molecule has 1 aromatic carbocycles. The third-order valence-electron chi connectivity index (χ3n) is 3.50. The average molecular weight is 348 g/mol. The van der Waals surface area contributed by atoms with Crippen LogP contribution < -0.4 is 9.46 Å². The van der Waals surface area contributed by atoms with Crippen molar-refractivity contribution in [3.63, 3.8) is 0 Å². The highest BCUT2D eigenvalue weighted by molar-refractivity contribution is 9.10. The Morgan fingerprint density at radius 1 is 1.42 bits per heavy atom. The lowest BCUT2D eigenvalue weighted by Gasteiger charge is -2.25. The Bertz CT molecular complexity index is 541. The number of ether oxygens (including phenoxy) is 1. The van der Waals surface area contributed by atoms with Gasteiger partial charge in [0.25, 0.3) is 0 Å². The highest BCUT2D eigenvalue weighted by atomic mass is 79.9. The van der Waals surface area contributed by atoms with Gasteiger partial charge < -0.3 is 4.74 Å². The van der Waals surface area contributed by atoms with Gasteiger partial charge in [-0.3, -0.25) is 0 Å². The van der Waals surface area contributed by atoms with Crippen LogP contribution in [0.1, 0.15) is 25.7 Å². The second-order valence-electron chi connectivity index (χ2n) is 4.78. The van der Waals surface area contributed by atoms with Crippen molar-refractivity contribution >= 4 is 26.0 Å². The Morgan fingerprint density at radius 3 is 2.68 bits per heavy atom. The second-order valence-corrected chi connectivity index (χ2v) is 7.40. The van der Waals surface area contributed by atoms with E-state index in [1.165, 1.54) is 19.3 Å². The van der Waals surface area contributed by atoms with E-state index >= 15 is 0 Å². The highest BCUT2D eigenvalue weighted by Gasteiger charge is 2.19. The summed E-state index contributed by atoms with van der Waals surface area (Å²) in [6.07, 6.45) is 4.67. The van der Waals surface area contributed by atoms with Gasteiger partial charge in [0.05, 0.1) is 16.5 Å². The maximum absolute atomic E-state index is 12.1. The molecule has 1 fully saturated rings. The van der Waals surface area contributed by atoms with Crippen molar-refractivity contribution in [2.24, 2.45) is 5.92 Å². The zero-order valence-electron chi connectivity index (χ0n) is 10.9. The predicted molar refractivity (Wildman–Crippen MR) is 77.8 cm³/mol. The van der Waals surface area contributed by atoms with E-state index in [-0.39, 0.29) is 4.90 Å². The van der Waals surface area contributed by atoms with Crippen molar-refractivity contribution in [3.8, 4) is 5.75 Å². The molecular weight excluding hydrogens is 330 g/mol. The van der Waals surface area contributed by atoms with Crippen LogP contribution in [-0.4, -0.2) is 22.1 Å². The van der Waals surface area contributed by atoms with Crippen molar-refractivity contribution in [3.05, 3.63) is 22.7 Å². The molecule has 0 bridgehead atoms. The van der Waals surface area contributed by atoms with Crippen molar-refractivity contribution in [1.82, 2.24) is 4.72 Å². The molecule has 1 saturated carbocycles. The van der Waals surface area contributed by atoms with E-state index < -0.39 is 10.0 Å². The summed E-state index contributed by atoms with van der Waals surface area (Å²) < 4.78 is 32.6. The van der Waals surface area contributed by atoms with E-state index in [9.17, 15) is 8.42 Å². The number of benzene rings is 1. The van der Waals surface area contributed by atoms with Crippen molar-refractivity contribution in [2.45, 2.75) is 30.6 Å². The summed E-state index contributed by atoms with van der Waals surface area (Å²) in [6, 6.07) is 4.75. The van der Waals surface area contributed by atoms with Crippen LogP contribution in [0.2, 0.25) is 0 Å². The van der Waals surface area contributed by atoms with Gasteiger partial charge in [-0.05, 0) is 46.5 Å². The first-order chi connectivity index (χ1) is 9.03. The fourth-order valence-electron chi connectivity index (χ4n) is 2.08. The summed E-state index contributed by atoms with van der Waals surface area (Å²) in [4.78, 5) is 0.258. The van der Waals surface area contributed by atoms with Gasteiger partial charge in [0.2, 0.25) is 10.0 Å². The van der Waals surface area contributed by atoms with E-state index in [4.69, 9.17) is 4.74 Å². The van der Waals surface area contributed by atoms with Gasteiger partial charge in [0.1, 0.15) is 5.75 Å². The smallest absolute Gasteiger partial charge is 0.240 e. The fourth-order valence-corrected chi connectivity index (χ4v) is 3.84. The third kappa shape index (κ3) is 3.70. The minimum atomic E-state index is -3.42. The monoisotopic (exact) mass is 347 g/mol. The van der Waals surface area contributed by atoms with Crippen molar-refractivity contribution < 1.29 is 13.2 Å². The topological polar surface area (TPSA) is 55.4 Å². The summed E-state index contributed by atoms with van der Waals surface area (Å²) in [5.41, 5.74) is 0. The first-order valence-corrected chi connectivity index (χ1v) is 8.64. The first-order valence-electron chi connectivity index (χ1n) is 6.36. The highest BCUT2D eigenvalue weighted by Crippen LogP contribution is 2.29. The molecular formula is C13H18BrNO3S. The largest absolute Gasteiger partial charge is 0.496 e. The summed E-state index contributed by atoms with van der Waals surface area (Å²) in [5, 5.41) is 0. The number of sulfonamides is 1. The summed E-state index contributed by atoms with van der Waals surface area (Å²) in [6.45, 7) is 0.511. The molecule has 1 aliphatic carbocycles. The van der Waals surface area contributed by atoms with Gasteiger partial charge in [-0.1, -0.05) is 19.3 Å². The maximum Gasteiger partial charge on any atom is 0.240 e. The molecule has 19 heavy (non-hydrogen) atoms. The van der Waals surface area contributed by atoms with Crippen molar-refractivity contribution in [1.29, 1.82) is 0 Å². The third-order valence-corrected chi connectivity index (χ3v) is 5.58. The molecule has 0 aromatic heterocycles. The quantitative estimate of drug-likeness (QED) is 0.860. The SMILES string of the molecule is COc1ccc(S(=O)(=O)NCCC2CCC2)cc1Br. The van der Waals surface area contributed by atoms with E-state index in [2.05, 4.69) is 20.7 Å². The van der Waals surface area contributed by atoms with Gasteiger partial charge in [-0.15, -0.1) is 0 Å². The minimum Gasteiger partial charge on any atom is -0.496 e. The van der Waals surface area contributed by atoms with Gasteiger partial charge in [-0.2, -0.15) is 0 Å². The molecule has 1 aromatic rings. The van der Waals surface area contributed by atoms with Crippen LogP contribution in [0.5, 0.6) is 5.75 Å². The molecule has 0 spiro atoms. The summed E-state index contributed by atoms with van der Waals surface area (Å²) in [5.74, 6) is 1.32. The Kier molecular flexibility index (Phi) is 4.86. The van der Waals surface area contributed by atoms with E-state index in [1.807, 2.05) is 0 Å². The van der Waals surface area contributed by atoms with Crippen LogP contribution in [0.3, 0.4) is 0 Å². The number of hydrogen-bond acceptors (Lipinski definition) is 3. The maximum atomic E-state index is 12.1. The van der Waals surface area contributed by atoms with E-state index in [0.717, 1.165) is 6.42 Å². The summed E-state index contributed by atoms with van der Waals surface area (Å²) in [7, 11) is -1.88. The molecule has 0 radical (unpaired) electrons. The number of methoxy groups -OCH3 is 1. The molecule has 1 aliphatic rings. The number of nitrogens with one attached hydrogen (secondary N) is 1. The van der Waals surface area contributed by atoms with Crippen LogP contribution in [-0.2, 0) is 10.0 Å². The molecule has 106 valence electrons. The zero-order valence-corrected chi connectivity index (χ0v) is 13.3. The molecule has 0 aliphatic heterocycles. The second kappa shape index (κ2) is 6.24. The van der Waals surface area contributed by atoms with E-state index in [1.54, 1.807) is 25.3 Å². The molecule has 0 heterocycles. The fraction of sp³-hybridized carbons (Fsp3) is 0.538.